The summed E-state index contributed by atoms with van der Waals surface area (Å²) in [4.78, 5) is 0. The molecule has 2 nitrogen and oxygen atoms in total. The second-order valence-corrected chi connectivity index (χ2v) is 5.24. The van der Waals surface area contributed by atoms with Gasteiger partial charge in [-0.1, -0.05) is 29.8 Å². The molecule has 0 aliphatic carbocycles. The number of nitrogens with one attached hydrogen (secondary N) is 1. The predicted molar refractivity (Wildman–Crippen MR) is 85.2 cm³/mol. The van der Waals surface area contributed by atoms with Crippen LogP contribution in [0.2, 0.25) is 5.02 Å². The quantitative estimate of drug-likeness (QED) is 0.905. The van der Waals surface area contributed by atoms with Crippen LogP contribution in [-0.4, -0.2) is 13.7 Å². The Labute approximate surface area is 130 Å². The van der Waals surface area contributed by atoms with E-state index in [0.29, 0.717) is 5.92 Å². The van der Waals surface area contributed by atoms with Crippen LogP contribution in [0.1, 0.15) is 22.6 Å². The maximum absolute atomic E-state index is 5.96. The molecule has 0 spiro atoms. The molecule has 106 valence electrons. The molecular weight excluding hydrogens is 293 g/mol. The number of hydrogen-bond acceptors (Lipinski definition) is 2. The summed E-state index contributed by atoms with van der Waals surface area (Å²) in [5.41, 5.74) is 3.98. The van der Waals surface area contributed by atoms with E-state index in [9.17, 15) is 0 Å². The summed E-state index contributed by atoms with van der Waals surface area (Å²) in [5.74, 6) is 1.30. The van der Waals surface area contributed by atoms with Crippen molar-refractivity contribution in [3.8, 4) is 5.75 Å². The van der Waals surface area contributed by atoms with Crippen molar-refractivity contribution in [1.29, 1.82) is 0 Å². The average Bonchev–Trinajstić information content (AvgIpc) is 2.47. The van der Waals surface area contributed by atoms with Gasteiger partial charge in [-0.2, -0.15) is 0 Å². The van der Waals surface area contributed by atoms with E-state index in [0.717, 1.165) is 23.9 Å². The largest absolute Gasteiger partial charge is 0.497 e. The van der Waals surface area contributed by atoms with Crippen molar-refractivity contribution in [2.75, 3.05) is 13.7 Å². The van der Waals surface area contributed by atoms with E-state index in [-0.39, 0.29) is 12.4 Å². The minimum atomic E-state index is 0. The molecular formula is C16H17Cl2NO. The lowest BCUT2D eigenvalue weighted by atomic mass is 9.85. The third-order valence-corrected chi connectivity index (χ3v) is 3.91. The SMILES string of the molecule is COc1ccc2c(c1)CNCC2c1ccc(Cl)cc1.Cl. The van der Waals surface area contributed by atoms with Gasteiger partial charge in [-0.25, -0.2) is 0 Å². The molecule has 1 aliphatic rings. The molecule has 20 heavy (non-hydrogen) atoms. The normalized spacial score (nSPS) is 17.0. The molecule has 1 heterocycles. The van der Waals surface area contributed by atoms with Crippen LogP contribution in [0.25, 0.3) is 0 Å². The first-order valence-corrected chi connectivity index (χ1v) is 6.78. The number of methoxy groups -OCH3 is 1. The second kappa shape index (κ2) is 6.49. The van der Waals surface area contributed by atoms with Gasteiger partial charge in [0.15, 0.2) is 0 Å². The Morgan fingerprint density at radius 1 is 1.15 bits per heavy atom. The van der Waals surface area contributed by atoms with Crippen molar-refractivity contribution in [2.45, 2.75) is 12.5 Å². The van der Waals surface area contributed by atoms with Gasteiger partial charge in [-0.05, 0) is 41.0 Å². The standard InChI is InChI=1S/C16H16ClNO.ClH/c1-19-14-6-7-15-12(8-14)9-18-10-16(15)11-2-4-13(17)5-3-11;/h2-8,16,18H,9-10H2,1H3;1H. The molecule has 0 saturated carbocycles. The van der Waals surface area contributed by atoms with E-state index in [1.54, 1.807) is 7.11 Å². The zero-order chi connectivity index (χ0) is 13.2. The lowest BCUT2D eigenvalue weighted by molar-refractivity contribution is 0.413. The number of halogens is 2. The van der Waals surface area contributed by atoms with Gasteiger partial charge in [0.25, 0.3) is 0 Å². The highest BCUT2D eigenvalue weighted by Crippen LogP contribution is 2.32. The smallest absolute Gasteiger partial charge is 0.119 e. The molecule has 1 aliphatic heterocycles. The summed E-state index contributed by atoms with van der Waals surface area (Å²) in [6.07, 6.45) is 0. The van der Waals surface area contributed by atoms with Crippen molar-refractivity contribution >= 4 is 24.0 Å². The van der Waals surface area contributed by atoms with Gasteiger partial charge in [-0.15, -0.1) is 12.4 Å². The predicted octanol–water partition coefficient (Wildman–Crippen LogP) is 4.01. The minimum absolute atomic E-state index is 0. The summed E-state index contributed by atoms with van der Waals surface area (Å²) in [6, 6.07) is 14.4. The molecule has 1 N–H and O–H groups in total. The maximum Gasteiger partial charge on any atom is 0.119 e. The van der Waals surface area contributed by atoms with Gasteiger partial charge in [0.05, 0.1) is 7.11 Å². The van der Waals surface area contributed by atoms with Crippen LogP contribution >= 0.6 is 24.0 Å². The van der Waals surface area contributed by atoms with E-state index in [2.05, 4.69) is 29.6 Å². The second-order valence-electron chi connectivity index (χ2n) is 4.80. The fraction of sp³-hybridized carbons (Fsp3) is 0.250. The van der Waals surface area contributed by atoms with Gasteiger partial charge in [0, 0.05) is 24.0 Å². The highest BCUT2D eigenvalue weighted by atomic mass is 35.5. The summed E-state index contributed by atoms with van der Waals surface area (Å²) in [7, 11) is 1.70. The summed E-state index contributed by atoms with van der Waals surface area (Å²) >= 11 is 5.96. The Hall–Kier alpha value is -1.22. The van der Waals surface area contributed by atoms with Crippen LogP contribution in [0.5, 0.6) is 5.75 Å². The number of fused-ring (bicyclic) bond motifs is 1. The molecule has 0 amide bonds. The molecule has 2 aromatic carbocycles. The lowest BCUT2D eigenvalue weighted by Gasteiger charge is -2.27. The van der Waals surface area contributed by atoms with Crippen molar-refractivity contribution in [1.82, 2.24) is 5.32 Å². The van der Waals surface area contributed by atoms with E-state index in [1.807, 2.05) is 18.2 Å². The van der Waals surface area contributed by atoms with Crippen molar-refractivity contribution in [3.05, 3.63) is 64.2 Å². The van der Waals surface area contributed by atoms with Crippen LogP contribution in [0.15, 0.2) is 42.5 Å². The van der Waals surface area contributed by atoms with Crippen molar-refractivity contribution in [2.24, 2.45) is 0 Å². The molecule has 3 rings (SSSR count). The Bertz CT molecular complexity index is 584. The fourth-order valence-electron chi connectivity index (χ4n) is 2.66. The van der Waals surface area contributed by atoms with E-state index >= 15 is 0 Å². The number of ether oxygens (including phenoxy) is 1. The van der Waals surface area contributed by atoms with Crippen LogP contribution in [-0.2, 0) is 6.54 Å². The zero-order valence-corrected chi connectivity index (χ0v) is 12.8. The highest BCUT2D eigenvalue weighted by molar-refractivity contribution is 6.30. The molecule has 1 unspecified atom stereocenters. The monoisotopic (exact) mass is 309 g/mol. The summed E-state index contributed by atoms with van der Waals surface area (Å²) in [5, 5.41) is 4.25. The molecule has 4 heteroatoms. The van der Waals surface area contributed by atoms with Gasteiger partial charge in [0.2, 0.25) is 0 Å². The van der Waals surface area contributed by atoms with Gasteiger partial charge < -0.3 is 10.1 Å². The van der Waals surface area contributed by atoms with Crippen molar-refractivity contribution < 1.29 is 4.74 Å². The van der Waals surface area contributed by atoms with Gasteiger partial charge >= 0.3 is 0 Å². The van der Waals surface area contributed by atoms with Crippen LogP contribution in [0.4, 0.5) is 0 Å². The minimum Gasteiger partial charge on any atom is -0.497 e. The Balaban J connectivity index is 0.00000147. The first-order chi connectivity index (χ1) is 9.28. The third kappa shape index (κ3) is 2.93. The first-order valence-electron chi connectivity index (χ1n) is 6.41. The number of rotatable bonds is 2. The van der Waals surface area contributed by atoms with Crippen LogP contribution in [0, 0.1) is 0 Å². The van der Waals surface area contributed by atoms with E-state index in [4.69, 9.17) is 16.3 Å². The topological polar surface area (TPSA) is 21.3 Å². The molecule has 0 radical (unpaired) electrons. The number of benzene rings is 2. The Kier molecular flexibility index (Phi) is 4.92. The molecule has 0 aromatic heterocycles. The molecule has 0 bridgehead atoms. The van der Waals surface area contributed by atoms with E-state index < -0.39 is 0 Å². The Morgan fingerprint density at radius 2 is 1.90 bits per heavy atom. The van der Waals surface area contributed by atoms with Crippen molar-refractivity contribution in [3.63, 3.8) is 0 Å². The first kappa shape index (κ1) is 15.2. The summed E-state index contributed by atoms with van der Waals surface area (Å²) in [6.45, 7) is 1.86. The van der Waals surface area contributed by atoms with Gasteiger partial charge in [-0.3, -0.25) is 0 Å². The molecule has 2 aromatic rings. The third-order valence-electron chi connectivity index (χ3n) is 3.66. The maximum atomic E-state index is 5.96. The lowest BCUT2D eigenvalue weighted by Crippen LogP contribution is -2.28. The summed E-state index contributed by atoms with van der Waals surface area (Å²) < 4.78 is 5.29. The van der Waals surface area contributed by atoms with Crippen LogP contribution < -0.4 is 10.1 Å². The fourth-order valence-corrected chi connectivity index (χ4v) is 2.78. The zero-order valence-electron chi connectivity index (χ0n) is 11.2. The molecule has 0 saturated heterocycles. The molecule has 1 atom stereocenters. The van der Waals surface area contributed by atoms with E-state index in [1.165, 1.54) is 16.7 Å². The Morgan fingerprint density at radius 3 is 2.60 bits per heavy atom. The average molecular weight is 310 g/mol. The number of hydrogen-bond donors (Lipinski definition) is 1. The highest BCUT2D eigenvalue weighted by Gasteiger charge is 2.21. The molecule has 0 fully saturated rings. The van der Waals surface area contributed by atoms with Gasteiger partial charge in [0.1, 0.15) is 5.75 Å². The van der Waals surface area contributed by atoms with Crippen LogP contribution in [0.3, 0.4) is 0 Å².